The van der Waals surface area contributed by atoms with Crippen LogP contribution in [0.5, 0.6) is 0 Å². The Bertz CT molecular complexity index is 52.6. The molecule has 0 aliphatic carbocycles. The monoisotopic (exact) mass is 308 g/mol. The van der Waals surface area contributed by atoms with Gasteiger partial charge in [-0.2, -0.15) is 0 Å². The summed E-state index contributed by atoms with van der Waals surface area (Å²) >= 11 is 0. The summed E-state index contributed by atoms with van der Waals surface area (Å²) in [4.78, 5) is 0. The second kappa shape index (κ2) is 36.0. The second-order valence-corrected chi connectivity index (χ2v) is 2.17. The SMILES string of the molecule is C1CNCCNCC[N-]1.Cl.Cl.[CH3-].[CH3-].[CH3-].[CH3-].[Ti]. The van der Waals surface area contributed by atoms with Gasteiger partial charge in [0.2, 0.25) is 0 Å². The van der Waals surface area contributed by atoms with Gasteiger partial charge in [0.1, 0.15) is 0 Å². The minimum Gasteiger partial charge on any atom is -0.660 e. The number of hydrogen-bond donors (Lipinski definition) is 2. The summed E-state index contributed by atoms with van der Waals surface area (Å²) in [6.07, 6.45) is 0. The quantitative estimate of drug-likeness (QED) is 0.532. The van der Waals surface area contributed by atoms with Crippen molar-refractivity contribution in [3.63, 3.8) is 0 Å². The van der Waals surface area contributed by atoms with Gasteiger partial charge in [0.25, 0.3) is 0 Å². The van der Waals surface area contributed by atoms with Crippen molar-refractivity contribution in [2.75, 3.05) is 39.3 Å². The molecule has 106 valence electrons. The molecule has 1 aliphatic heterocycles. The standard InChI is InChI=1S/C6H14N3.4CH3.2ClH.Ti/c1-2-8-5-6-9-4-3-7-1;;;;;;;/h7-8H,1-6H2;4*1H3;2*1H;/q5*-1;;;. The van der Waals surface area contributed by atoms with Crippen molar-refractivity contribution in [3.8, 4) is 0 Å². The van der Waals surface area contributed by atoms with Crippen LogP contribution in [0.25, 0.3) is 5.32 Å². The molecular formula is C10H28Cl2N3Ti-5. The number of nitrogens with one attached hydrogen (secondary N) is 2. The van der Waals surface area contributed by atoms with E-state index in [0.717, 1.165) is 39.3 Å². The molecule has 1 fully saturated rings. The van der Waals surface area contributed by atoms with Crippen molar-refractivity contribution in [2.24, 2.45) is 0 Å². The molecule has 0 spiro atoms. The Morgan fingerprint density at radius 2 is 0.938 bits per heavy atom. The zero-order valence-electron chi connectivity index (χ0n) is 11.0. The summed E-state index contributed by atoms with van der Waals surface area (Å²) in [6, 6.07) is 0. The molecule has 6 heteroatoms. The molecule has 0 radical (unpaired) electrons. The number of hydrogen-bond acceptors (Lipinski definition) is 2. The van der Waals surface area contributed by atoms with E-state index in [1.54, 1.807) is 0 Å². The summed E-state index contributed by atoms with van der Waals surface area (Å²) in [5, 5.41) is 10.8. The molecule has 1 saturated heterocycles. The van der Waals surface area contributed by atoms with Crippen molar-refractivity contribution in [1.82, 2.24) is 10.6 Å². The van der Waals surface area contributed by atoms with E-state index in [1.807, 2.05) is 0 Å². The molecule has 1 rings (SSSR count). The van der Waals surface area contributed by atoms with Crippen LogP contribution in [0.15, 0.2) is 0 Å². The predicted molar refractivity (Wildman–Crippen MR) is 79.0 cm³/mol. The van der Waals surface area contributed by atoms with Crippen LogP contribution < -0.4 is 10.6 Å². The Kier molecular flexibility index (Phi) is 97.6. The summed E-state index contributed by atoms with van der Waals surface area (Å²) < 4.78 is 0. The van der Waals surface area contributed by atoms with Crippen LogP contribution in [0.4, 0.5) is 0 Å². The number of rotatable bonds is 0. The van der Waals surface area contributed by atoms with Gasteiger partial charge in [-0.15, -0.1) is 37.9 Å². The van der Waals surface area contributed by atoms with E-state index < -0.39 is 0 Å². The molecule has 0 aromatic heterocycles. The van der Waals surface area contributed by atoms with Crippen molar-refractivity contribution >= 4 is 24.8 Å². The minimum atomic E-state index is 0. The molecule has 0 saturated carbocycles. The van der Waals surface area contributed by atoms with E-state index in [-0.39, 0.29) is 76.2 Å². The first-order valence-corrected chi connectivity index (χ1v) is 3.55. The fourth-order valence-corrected chi connectivity index (χ4v) is 0.855. The van der Waals surface area contributed by atoms with Crippen molar-refractivity contribution in [2.45, 2.75) is 0 Å². The van der Waals surface area contributed by atoms with Gasteiger partial charge >= 0.3 is 0 Å². The molecule has 0 unspecified atom stereocenters. The molecule has 3 nitrogen and oxygen atoms in total. The first-order chi connectivity index (χ1) is 4.50. The molecule has 0 bridgehead atoms. The average Bonchev–Trinajstić information content (AvgIpc) is 2.00. The Morgan fingerprint density at radius 1 is 0.625 bits per heavy atom. The first kappa shape index (κ1) is 43.4. The maximum absolute atomic E-state index is 4.27. The molecular weight excluding hydrogens is 281 g/mol. The van der Waals surface area contributed by atoms with Crippen molar-refractivity contribution in [3.05, 3.63) is 35.0 Å². The van der Waals surface area contributed by atoms with Crippen LogP contribution in [0, 0.1) is 29.7 Å². The number of halogens is 2. The molecule has 0 amide bonds. The third-order valence-electron chi connectivity index (χ3n) is 1.37. The molecule has 0 aromatic carbocycles. The third-order valence-corrected chi connectivity index (χ3v) is 1.37. The van der Waals surface area contributed by atoms with E-state index in [4.69, 9.17) is 0 Å². The van der Waals surface area contributed by atoms with Gasteiger partial charge in [-0.3, -0.25) is 0 Å². The predicted octanol–water partition coefficient (Wildman–Crippen LogP) is 2.20. The van der Waals surface area contributed by atoms with Crippen LogP contribution in [0.3, 0.4) is 0 Å². The molecule has 1 heterocycles. The fraction of sp³-hybridized carbons (Fsp3) is 0.600. The van der Waals surface area contributed by atoms with Crippen LogP contribution in [0.2, 0.25) is 0 Å². The van der Waals surface area contributed by atoms with Crippen molar-refractivity contribution < 1.29 is 21.7 Å². The summed E-state index contributed by atoms with van der Waals surface area (Å²) in [5.74, 6) is 0. The molecule has 0 atom stereocenters. The van der Waals surface area contributed by atoms with E-state index in [9.17, 15) is 0 Å². The van der Waals surface area contributed by atoms with Crippen LogP contribution in [0.1, 0.15) is 0 Å². The molecule has 0 aromatic rings. The maximum Gasteiger partial charge on any atom is 0.00760 e. The van der Waals surface area contributed by atoms with E-state index in [1.165, 1.54) is 0 Å². The second-order valence-electron chi connectivity index (χ2n) is 2.17. The topological polar surface area (TPSA) is 38.2 Å². The Morgan fingerprint density at radius 3 is 1.25 bits per heavy atom. The van der Waals surface area contributed by atoms with Crippen LogP contribution >= 0.6 is 24.8 Å². The first-order valence-electron chi connectivity index (χ1n) is 3.55. The zero-order chi connectivity index (χ0) is 6.36. The summed E-state index contributed by atoms with van der Waals surface area (Å²) in [5.41, 5.74) is 0. The Balaban J connectivity index is -0.0000000231. The van der Waals surface area contributed by atoms with Gasteiger partial charge in [-0.1, -0.05) is 0 Å². The van der Waals surface area contributed by atoms with Gasteiger partial charge in [0.05, 0.1) is 0 Å². The Labute approximate surface area is 131 Å². The largest absolute Gasteiger partial charge is 0.660 e. The van der Waals surface area contributed by atoms with E-state index in [0.29, 0.717) is 0 Å². The van der Waals surface area contributed by atoms with Crippen LogP contribution in [-0.2, 0) is 21.7 Å². The summed E-state index contributed by atoms with van der Waals surface area (Å²) in [6.45, 7) is 6.19. The van der Waals surface area contributed by atoms with Crippen molar-refractivity contribution in [1.29, 1.82) is 0 Å². The van der Waals surface area contributed by atoms with Gasteiger partial charge < -0.3 is 45.7 Å². The smallest absolute Gasteiger partial charge is 0.00760 e. The number of nitrogens with zero attached hydrogens (tertiary/aromatic N) is 1. The van der Waals surface area contributed by atoms with Gasteiger partial charge in [-0.25, -0.2) is 0 Å². The van der Waals surface area contributed by atoms with Gasteiger partial charge in [0, 0.05) is 34.8 Å². The van der Waals surface area contributed by atoms with Gasteiger partial charge in [0.15, 0.2) is 0 Å². The fourth-order valence-electron chi connectivity index (χ4n) is 0.855. The average molecular weight is 309 g/mol. The molecule has 2 N–H and O–H groups in total. The normalized spacial score (nSPS) is 13.5. The van der Waals surface area contributed by atoms with Gasteiger partial charge in [-0.05, 0) is 13.1 Å². The third kappa shape index (κ3) is 29.5. The molecule has 1 aliphatic rings. The van der Waals surface area contributed by atoms with Crippen LogP contribution in [-0.4, -0.2) is 39.3 Å². The Hall–Kier alpha value is 1.17. The minimum absolute atomic E-state index is 0. The zero-order valence-corrected chi connectivity index (χ0v) is 14.2. The van der Waals surface area contributed by atoms with E-state index >= 15 is 0 Å². The van der Waals surface area contributed by atoms with E-state index in [2.05, 4.69) is 16.0 Å². The molecule has 16 heavy (non-hydrogen) atoms. The maximum atomic E-state index is 4.27. The summed E-state index contributed by atoms with van der Waals surface area (Å²) in [7, 11) is 0.